The Morgan fingerprint density at radius 3 is 2.52 bits per heavy atom. The highest BCUT2D eigenvalue weighted by Gasteiger charge is 2.40. The van der Waals surface area contributed by atoms with Gasteiger partial charge < -0.3 is 20.4 Å². The Kier molecular flexibility index (Phi) is 9.70. The summed E-state index contributed by atoms with van der Waals surface area (Å²) in [7, 11) is 0. The van der Waals surface area contributed by atoms with Crippen LogP contribution in [-0.2, 0) is 4.79 Å². The lowest BCUT2D eigenvalue weighted by Crippen LogP contribution is -2.24. The molecule has 7 heteroatoms. The summed E-state index contributed by atoms with van der Waals surface area (Å²) in [5, 5.41) is 39.4. The maximum atomic E-state index is 13.2. The van der Waals surface area contributed by atoms with Crippen LogP contribution in [0.5, 0.6) is 0 Å². The van der Waals surface area contributed by atoms with Gasteiger partial charge in [-0.2, -0.15) is 0 Å². The van der Waals surface area contributed by atoms with Crippen LogP contribution in [0.2, 0.25) is 0 Å². The Bertz CT molecular complexity index is 668. The van der Waals surface area contributed by atoms with Crippen LogP contribution in [-0.4, -0.2) is 50.9 Å². The Balaban J connectivity index is 1.76. The minimum Gasteiger partial charge on any atom is -0.481 e. The van der Waals surface area contributed by atoms with Crippen molar-refractivity contribution in [2.45, 2.75) is 76.1 Å². The summed E-state index contributed by atoms with van der Waals surface area (Å²) in [5.74, 6) is -1.26. The summed E-state index contributed by atoms with van der Waals surface area (Å²) in [4.78, 5) is 14.6. The van der Waals surface area contributed by atoms with Gasteiger partial charge in [-0.05, 0) is 62.1 Å². The second kappa shape index (κ2) is 12.0. The number of hydrogen-bond donors (Lipinski definition) is 4. The van der Waals surface area contributed by atoms with Gasteiger partial charge in [-0.25, -0.2) is 4.39 Å². The first-order valence-electron chi connectivity index (χ1n) is 10.4. The molecule has 1 aromatic carbocycles. The van der Waals surface area contributed by atoms with Crippen molar-refractivity contribution >= 4 is 17.9 Å². The maximum absolute atomic E-state index is 13.2. The number of rotatable bonds is 12. The van der Waals surface area contributed by atoms with Gasteiger partial charge >= 0.3 is 5.97 Å². The molecule has 1 aliphatic carbocycles. The second-order valence-electron chi connectivity index (χ2n) is 7.95. The van der Waals surface area contributed by atoms with Crippen LogP contribution in [0.25, 0.3) is 0 Å². The number of aliphatic hydroxyl groups excluding tert-OH is 3. The van der Waals surface area contributed by atoms with Gasteiger partial charge in [-0.1, -0.05) is 25.3 Å². The molecule has 1 saturated carbocycles. The fraction of sp³-hybridized carbons (Fsp3) is 0.636. The molecule has 6 nitrogen and oxygen atoms in total. The quantitative estimate of drug-likeness (QED) is 0.312. The molecule has 162 valence electrons. The number of carboxylic acid groups (broad SMARTS) is 1. The molecule has 4 N–H and O–H groups in total. The molecule has 0 aromatic heterocycles. The highest BCUT2D eigenvalue weighted by Crippen LogP contribution is 2.39. The standard InChI is InChI=1S/C22H32FNO5/c23-15-6-5-7-16(12-15)24-14-17(25)10-11-19-18(20(26)13-21(19)27)8-3-1-2-4-9-22(28)29/h5-7,12,14,17-21,25-27H,1-4,8-11,13H2,(H,28,29)/b24-14-/t17?,18-,19-,20+,21-/m1/s1. The number of aliphatic hydroxyl groups is 3. The summed E-state index contributed by atoms with van der Waals surface area (Å²) < 4.78 is 13.2. The van der Waals surface area contributed by atoms with Gasteiger partial charge in [0, 0.05) is 12.6 Å². The first kappa shape index (κ1) is 23.4. The van der Waals surface area contributed by atoms with Crippen molar-refractivity contribution in [1.29, 1.82) is 0 Å². The monoisotopic (exact) mass is 409 g/mol. The Morgan fingerprint density at radius 1 is 1.14 bits per heavy atom. The second-order valence-corrected chi connectivity index (χ2v) is 7.95. The molecule has 0 amide bonds. The first-order valence-corrected chi connectivity index (χ1v) is 10.4. The lowest BCUT2D eigenvalue weighted by molar-refractivity contribution is -0.137. The van der Waals surface area contributed by atoms with Crippen molar-refractivity contribution in [1.82, 2.24) is 0 Å². The number of unbranched alkanes of at least 4 members (excludes halogenated alkanes) is 3. The van der Waals surface area contributed by atoms with E-state index in [2.05, 4.69) is 4.99 Å². The average molecular weight is 409 g/mol. The number of aliphatic imine (C=N–C) groups is 1. The highest BCUT2D eigenvalue weighted by atomic mass is 19.1. The largest absolute Gasteiger partial charge is 0.481 e. The molecule has 0 bridgehead atoms. The minimum absolute atomic E-state index is 0.0168. The number of carbonyl (C=O) groups is 1. The summed E-state index contributed by atoms with van der Waals surface area (Å²) >= 11 is 0. The number of benzene rings is 1. The molecule has 0 radical (unpaired) electrons. The molecule has 0 saturated heterocycles. The van der Waals surface area contributed by atoms with E-state index in [1.165, 1.54) is 18.3 Å². The third-order valence-corrected chi connectivity index (χ3v) is 5.70. The minimum atomic E-state index is -0.806. The summed E-state index contributed by atoms with van der Waals surface area (Å²) in [5.41, 5.74) is 0.432. The van der Waals surface area contributed by atoms with Crippen LogP contribution in [0.4, 0.5) is 10.1 Å². The van der Waals surface area contributed by atoms with Crippen molar-refractivity contribution in [3.8, 4) is 0 Å². The van der Waals surface area contributed by atoms with E-state index in [0.717, 1.165) is 25.7 Å². The molecule has 29 heavy (non-hydrogen) atoms. The number of hydrogen-bond acceptors (Lipinski definition) is 5. The Labute approximate surface area is 171 Å². The normalized spacial score (nSPS) is 25.5. The smallest absolute Gasteiger partial charge is 0.303 e. The van der Waals surface area contributed by atoms with Crippen molar-refractivity contribution in [2.75, 3.05) is 0 Å². The molecule has 1 unspecified atom stereocenters. The molecule has 1 fully saturated rings. The molecular weight excluding hydrogens is 377 g/mol. The number of carboxylic acids is 1. The Morgan fingerprint density at radius 2 is 1.83 bits per heavy atom. The highest BCUT2D eigenvalue weighted by molar-refractivity contribution is 5.67. The van der Waals surface area contributed by atoms with Crippen molar-refractivity contribution in [3.05, 3.63) is 30.1 Å². The predicted octanol–water partition coefficient (Wildman–Crippen LogP) is 3.45. The summed E-state index contributed by atoms with van der Waals surface area (Å²) in [6.45, 7) is 0. The fourth-order valence-electron chi connectivity index (χ4n) is 4.16. The van der Waals surface area contributed by atoms with Crippen molar-refractivity contribution < 1.29 is 29.6 Å². The van der Waals surface area contributed by atoms with E-state index < -0.39 is 24.3 Å². The van der Waals surface area contributed by atoms with Gasteiger partial charge in [0.05, 0.1) is 24.0 Å². The third-order valence-electron chi connectivity index (χ3n) is 5.70. The number of aliphatic carboxylic acids is 1. The van der Waals surface area contributed by atoms with Crippen molar-refractivity contribution in [2.24, 2.45) is 16.8 Å². The molecule has 0 heterocycles. The van der Waals surface area contributed by atoms with Gasteiger partial charge in [0.2, 0.25) is 0 Å². The zero-order chi connectivity index (χ0) is 21.2. The molecule has 2 rings (SSSR count). The number of halogens is 1. The topological polar surface area (TPSA) is 110 Å². The van der Waals surface area contributed by atoms with E-state index in [1.54, 1.807) is 12.1 Å². The van der Waals surface area contributed by atoms with E-state index >= 15 is 0 Å². The lowest BCUT2D eigenvalue weighted by atomic mass is 9.85. The van der Waals surface area contributed by atoms with E-state index in [4.69, 9.17) is 5.11 Å². The number of nitrogens with zero attached hydrogens (tertiary/aromatic N) is 1. The summed E-state index contributed by atoms with van der Waals surface area (Å²) in [6.07, 6.45) is 5.01. The average Bonchev–Trinajstić information content (AvgIpc) is 2.93. The third kappa shape index (κ3) is 8.20. The Hall–Kier alpha value is -1.83. The fourth-order valence-corrected chi connectivity index (χ4v) is 4.16. The molecule has 1 aromatic rings. The molecular formula is C22H32FNO5. The van der Waals surface area contributed by atoms with Gasteiger partial charge in [-0.15, -0.1) is 0 Å². The summed E-state index contributed by atoms with van der Waals surface area (Å²) in [6, 6.07) is 5.81. The van der Waals surface area contributed by atoms with Gasteiger partial charge in [0.15, 0.2) is 0 Å². The van der Waals surface area contributed by atoms with Gasteiger partial charge in [0.1, 0.15) is 5.82 Å². The van der Waals surface area contributed by atoms with E-state index in [9.17, 15) is 24.5 Å². The van der Waals surface area contributed by atoms with Crippen LogP contribution in [0.1, 0.15) is 57.8 Å². The van der Waals surface area contributed by atoms with Crippen LogP contribution < -0.4 is 0 Å². The lowest BCUT2D eigenvalue weighted by Gasteiger charge is -2.24. The molecule has 1 aliphatic rings. The predicted molar refractivity (Wildman–Crippen MR) is 109 cm³/mol. The van der Waals surface area contributed by atoms with Gasteiger partial charge in [0.25, 0.3) is 0 Å². The zero-order valence-electron chi connectivity index (χ0n) is 16.7. The van der Waals surface area contributed by atoms with E-state index in [-0.39, 0.29) is 24.1 Å². The van der Waals surface area contributed by atoms with Crippen LogP contribution >= 0.6 is 0 Å². The van der Waals surface area contributed by atoms with Crippen LogP contribution in [0.15, 0.2) is 29.3 Å². The van der Waals surface area contributed by atoms with Crippen LogP contribution in [0, 0.1) is 17.7 Å². The maximum Gasteiger partial charge on any atom is 0.303 e. The van der Waals surface area contributed by atoms with E-state index in [0.29, 0.717) is 31.4 Å². The molecule has 0 aliphatic heterocycles. The van der Waals surface area contributed by atoms with Gasteiger partial charge in [-0.3, -0.25) is 9.79 Å². The first-order chi connectivity index (χ1) is 13.9. The SMILES string of the molecule is O=C(O)CCCCCC[C@@H]1[C@@H](CCC(O)/C=N\c2cccc(F)c2)[C@H](O)C[C@@H]1O. The zero-order valence-corrected chi connectivity index (χ0v) is 16.7. The molecule has 0 spiro atoms. The van der Waals surface area contributed by atoms with Crippen molar-refractivity contribution in [3.63, 3.8) is 0 Å². The van der Waals surface area contributed by atoms with E-state index in [1.807, 2.05) is 0 Å². The van der Waals surface area contributed by atoms with Crippen LogP contribution in [0.3, 0.4) is 0 Å². The molecule has 5 atom stereocenters.